The van der Waals surface area contributed by atoms with E-state index in [0.29, 0.717) is 12.3 Å². The minimum Gasteiger partial charge on any atom is -0.493 e. The van der Waals surface area contributed by atoms with E-state index in [1.165, 1.54) is 0 Å². The van der Waals surface area contributed by atoms with Gasteiger partial charge in [0.1, 0.15) is 5.82 Å². The summed E-state index contributed by atoms with van der Waals surface area (Å²) in [5, 5.41) is 3.24. The third kappa shape index (κ3) is 2.69. The molecule has 1 aromatic heterocycles. The van der Waals surface area contributed by atoms with E-state index >= 15 is 0 Å². The van der Waals surface area contributed by atoms with Crippen molar-refractivity contribution in [3.8, 4) is 11.5 Å². The molecule has 0 aliphatic carbocycles. The second-order valence-corrected chi connectivity index (χ2v) is 3.46. The largest absolute Gasteiger partial charge is 0.493 e. The van der Waals surface area contributed by atoms with Gasteiger partial charge in [0.15, 0.2) is 11.5 Å². The summed E-state index contributed by atoms with van der Waals surface area (Å²) < 4.78 is 10.4. The van der Waals surface area contributed by atoms with Crippen LogP contribution in [0, 0.1) is 0 Å². The van der Waals surface area contributed by atoms with E-state index in [1.807, 2.05) is 18.2 Å². The number of methoxy groups -OCH3 is 2. The highest BCUT2D eigenvalue weighted by Gasteiger charge is 2.04. The maximum atomic E-state index is 5.23. The molecule has 0 saturated carbocycles. The van der Waals surface area contributed by atoms with Crippen molar-refractivity contribution in [2.24, 2.45) is 0 Å². The van der Waals surface area contributed by atoms with Crippen molar-refractivity contribution >= 4 is 5.69 Å². The molecule has 5 heteroatoms. The van der Waals surface area contributed by atoms with E-state index in [9.17, 15) is 0 Å². The number of hydrogen-bond donors (Lipinski definition) is 2. The molecule has 0 unspecified atom stereocenters. The first kappa shape index (κ1) is 11.3. The number of aromatic nitrogens is 2. The van der Waals surface area contributed by atoms with Crippen molar-refractivity contribution in [3.05, 3.63) is 36.4 Å². The summed E-state index contributed by atoms with van der Waals surface area (Å²) in [6.45, 7) is 0.641. The first-order valence-corrected chi connectivity index (χ1v) is 5.27. The smallest absolute Gasteiger partial charge is 0.162 e. The molecule has 0 aliphatic rings. The molecule has 2 N–H and O–H groups in total. The number of imidazole rings is 1. The van der Waals surface area contributed by atoms with Gasteiger partial charge in [0.25, 0.3) is 0 Å². The first-order valence-electron chi connectivity index (χ1n) is 5.27. The fourth-order valence-corrected chi connectivity index (χ4v) is 1.53. The number of nitrogens with one attached hydrogen (secondary N) is 2. The Morgan fingerprint density at radius 1 is 1.24 bits per heavy atom. The summed E-state index contributed by atoms with van der Waals surface area (Å²) in [4.78, 5) is 7.16. The van der Waals surface area contributed by atoms with Crippen molar-refractivity contribution in [2.45, 2.75) is 6.54 Å². The molecule has 0 radical (unpaired) electrons. The Kier molecular flexibility index (Phi) is 3.49. The Morgan fingerprint density at radius 3 is 2.71 bits per heavy atom. The van der Waals surface area contributed by atoms with Crippen molar-refractivity contribution in [1.82, 2.24) is 9.97 Å². The maximum absolute atomic E-state index is 5.23. The topological polar surface area (TPSA) is 59.2 Å². The van der Waals surface area contributed by atoms with Crippen molar-refractivity contribution in [2.75, 3.05) is 19.5 Å². The fraction of sp³-hybridized carbons (Fsp3) is 0.250. The number of benzene rings is 1. The fourth-order valence-electron chi connectivity index (χ4n) is 1.53. The van der Waals surface area contributed by atoms with Crippen LogP contribution in [0.1, 0.15) is 5.82 Å². The second kappa shape index (κ2) is 5.25. The Bertz CT molecular complexity index is 469. The van der Waals surface area contributed by atoms with Crippen LogP contribution >= 0.6 is 0 Å². The summed E-state index contributed by atoms with van der Waals surface area (Å²) in [7, 11) is 3.24. The Balaban J connectivity index is 2.06. The van der Waals surface area contributed by atoms with Gasteiger partial charge in [-0.25, -0.2) is 4.98 Å². The van der Waals surface area contributed by atoms with Crippen molar-refractivity contribution in [3.63, 3.8) is 0 Å². The van der Waals surface area contributed by atoms with Gasteiger partial charge < -0.3 is 19.8 Å². The highest BCUT2D eigenvalue weighted by molar-refractivity contribution is 5.54. The number of aromatic amines is 1. The maximum Gasteiger partial charge on any atom is 0.162 e. The molecule has 0 amide bonds. The van der Waals surface area contributed by atoms with Gasteiger partial charge in [-0.2, -0.15) is 0 Å². The minimum absolute atomic E-state index is 0.641. The summed E-state index contributed by atoms with van der Waals surface area (Å²) >= 11 is 0. The number of hydrogen-bond acceptors (Lipinski definition) is 4. The lowest BCUT2D eigenvalue weighted by atomic mass is 10.2. The molecule has 0 bridgehead atoms. The predicted molar refractivity (Wildman–Crippen MR) is 65.5 cm³/mol. The summed E-state index contributed by atoms with van der Waals surface area (Å²) in [5.41, 5.74) is 0.957. The average molecular weight is 233 g/mol. The lowest BCUT2D eigenvalue weighted by Gasteiger charge is -2.10. The van der Waals surface area contributed by atoms with Crippen LogP contribution in [0.2, 0.25) is 0 Å². The lowest BCUT2D eigenvalue weighted by Crippen LogP contribution is -2.01. The zero-order valence-electron chi connectivity index (χ0n) is 9.86. The van der Waals surface area contributed by atoms with E-state index in [1.54, 1.807) is 26.6 Å². The number of rotatable bonds is 5. The van der Waals surface area contributed by atoms with Gasteiger partial charge in [-0.05, 0) is 12.1 Å². The molecular weight excluding hydrogens is 218 g/mol. The molecule has 0 atom stereocenters. The number of nitrogens with zero attached hydrogens (tertiary/aromatic N) is 1. The molecular formula is C12H15N3O2. The summed E-state index contributed by atoms with van der Waals surface area (Å²) in [6, 6.07) is 5.69. The van der Waals surface area contributed by atoms with Gasteiger partial charge in [0.05, 0.1) is 20.8 Å². The third-order valence-corrected chi connectivity index (χ3v) is 2.40. The molecule has 17 heavy (non-hydrogen) atoms. The molecule has 90 valence electrons. The SMILES string of the molecule is COc1ccc(NCc2ncc[nH]2)cc1OC. The second-order valence-electron chi connectivity index (χ2n) is 3.46. The molecule has 0 spiro atoms. The predicted octanol–water partition coefficient (Wildman–Crippen LogP) is 2.04. The molecule has 0 aliphatic heterocycles. The van der Waals surface area contributed by atoms with Crippen LogP contribution in [0.15, 0.2) is 30.6 Å². The van der Waals surface area contributed by atoms with E-state index in [0.717, 1.165) is 17.3 Å². The first-order chi connectivity index (χ1) is 8.33. The number of ether oxygens (including phenoxy) is 2. The molecule has 1 aromatic carbocycles. The van der Waals surface area contributed by atoms with Crippen LogP contribution in [0.3, 0.4) is 0 Å². The average Bonchev–Trinajstić information content (AvgIpc) is 2.89. The van der Waals surface area contributed by atoms with Crippen LogP contribution in [0.4, 0.5) is 5.69 Å². The van der Waals surface area contributed by atoms with Gasteiger partial charge in [0, 0.05) is 24.1 Å². The molecule has 1 heterocycles. The highest BCUT2D eigenvalue weighted by Crippen LogP contribution is 2.29. The zero-order valence-corrected chi connectivity index (χ0v) is 9.86. The molecule has 0 saturated heterocycles. The molecule has 2 aromatic rings. The molecule has 0 fully saturated rings. The van der Waals surface area contributed by atoms with E-state index < -0.39 is 0 Å². The van der Waals surface area contributed by atoms with Gasteiger partial charge in [-0.15, -0.1) is 0 Å². The highest BCUT2D eigenvalue weighted by atomic mass is 16.5. The molecule has 2 rings (SSSR count). The molecule has 5 nitrogen and oxygen atoms in total. The zero-order chi connectivity index (χ0) is 12.1. The van der Waals surface area contributed by atoms with E-state index in [2.05, 4.69) is 15.3 Å². The number of anilines is 1. The Labute approximate surface area is 99.8 Å². The van der Waals surface area contributed by atoms with E-state index in [4.69, 9.17) is 9.47 Å². The normalized spacial score (nSPS) is 10.0. The summed E-state index contributed by atoms with van der Waals surface area (Å²) in [5.74, 6) is 2.31. The van der Waals surface area contributed by atoms with Crippen molar-refractivity contribution in [1.29, 1.82) is 0 Å². The van der Waals surface area contributed by atoms with Gasteiger partial charge in [-0.3, -0.25) is 0 Å². The van der Waals surface area contributed by atoms with Crippen LogP contribution in [0.5, 0.6) is 11.5 Å². The standard InChI is InChI=1S/C12H15N3O2/c1-16-10-4-3-9(7-11(10)17-2)15-8-12-13-5-6-14-12/h3-7,15H,8H2,1-2H3,(H,13,14). The Hall–Kier alpha value is -2.17. The van der Waals surface area contributed by atoms with Gasteiger partial charge in [0.2, 0.25) is 0 Å². The third-order valence-electron chi connectivity index (χ3n) is 2.40. The van der Waals surface area contributed by atoms with Crippen LogP contribution in [-0.2, 0) is 6.54 Å². The van der Waals surface area contributed by atoms with Gasteiger partial charge >= 0.3 is 0 Å². The minimum atomic E-state index is 0.641. The Morgan fingerprint density at radius 2 is 2.06 bits per heavy atom. The number of H-pyrrole nitrogens is 1. The van der Waals surface area contributed by atoms with Crippen LogP contribution in [0.25, 0.3) is 0 Å². The monoisotopic (exact) mass is 233 g/mol. The van der Waals surface area contributed by atoms with Crippen LogP contribution < -0.4 is 14.8 Å². The lowest BCUT2D eigenvalue weighted by molar-refractivity contribution is 0.355. The van der Waals surface area contributed by atoms with Crippen molar-refractivity contribution < 1.29 is 9.47 Å². The quantitative estimate of drug-likeness (QED) is 0.829. The van der Waals surface area contributed by atoms with Gasteiger partial charge in [-0.1, -0.05) is 0 Å². The summed E-state index contributed by atoms with van der Waals surface area (Å²) in [6.07, 6.45) is 3.53. The van der Waals surface area contributed by atoms with Crippen LogP contribution in [-0.4, -0.2) is 24.2 Å². The van der Waals surface area contributed by atoms with E-state index in [-0.39, 0.29) is 0 Å².